The van der Waals surface area contributed by atoms with Crippen LogP contribution >= 0.6 is 11.6 Å². The molecule has 1 unspecified atom stereocenters. The number of piperidine rings is 1. The third-order valence-electron chi connectivity index (χ3n) is 11.1. The number of benzene rings is 2. The van der Waals surface area contributed by atoms with Gasteiger partial charge in [-0.15, -0.1) is 5.10 Å². The van der Waals surface area contributed by atoms with Gasteiger partial charge in [-0.3, -0.25) is 34.1 Å². The number of hydrogen-bond donors (Lipinski definition) is 4. The summed E-state index contributed by atoms with van der Waals surface area (Å²) in [5.41, 5.74) is 4.46. The Hall–Kier alpha value is -7.09. The van der Waals surface area contributed by atoms with Crippen LogP contribution in [0.4, 0.5) is 32.3 Å². The number of aromatic nitrogens is 6. The second kappa shape index (κ2) is 16.8. The van der Waals surface area contributed by atoms with E-state index in [1.807, 2.05) is 6.92 Å². The number of alkyl halides is 1. The summed E-state index contributed by atoms with van der Waals surface area (Å²) in [5.74, 6) is -0.934. The molecule has 3 atom stereocenters. The molecule has 19 nitrogen and oxygen atoms in total. The molecule has 5 aromatic rings. The van der Waals surface area contributed by atoms with E-state index in [1.165, 1.54) is 16.9 Å². The third-order valence-corrected chi connectivity index (χ3v) is 11.5. The third kappa shape index (κ3) is 8.19. The lowest BCUT2D eigenvalue weighted by atomic mass is 10.0. The molecule has 2 saturated heterocycles. The van der Waals surface area contributed by atoms with Crippen molar-refractivity contribution in [3.63, 3.8) is 0 Å². The summed E-state index contributed by atoms with van der Waals surface area (Å²) in [6.45, 7) is 5.67. The maximum absolute atomic E-state index is 15.7. The quantitative estimate of drug-likeness (QED) is 0.105. The van der Waals surface area contributed by atoms with Crippen LogP contribution in [-0.2, 0) is 41.6 Å². The summed E-state index contributed by atoms with van der Waals surface area (Å²) in [5, 5.41) is 15.8. The molecule has 62 heavy (non-hydrogen) atoms. The number of urea groups is 1. The van der Waals surface area contributed by atoms with Crippen molar-refractivity contribution in [2.75, 3.05) is 41.9 Å². The fourth-order valence-electron chi connectivity index (χ4n) is 7.69. The molecule has 0 radical (unpaired) electrons. The van der Waals surface area contributed by atoms with Crippen LogP contribution in [0.25, 0.3) is 11.2 Å². The minimum Gasteiger partial charge on any atom is -0.478 e. The van der Waals surface area contributed by atoms with Crippen molar-refractivity contribution in [1.82, 2.24) is 50.1 Å². The Labute approximate surface area is 359 Å². The number of amides is 6. The molecule has 3 aliphatic rings. The lowest BCUT2D eigenvalue weighted by Crippen LogP contribution is -2.52. The van der Waals surface area contributed by atoms with Gasteiger partial charge < -0.3 is 35.1 Å². The molecule has 0 aliphatic carbocycles. The van der Waals surface area contributed by atoms with Crippen molar-refractivity contribution in [2.45, 2.75) is 51.1 Å². The van der Waals surface area contributed by atoms with Crippen LogP contribution in [0, 0.1) is 6.92 Å². The highest BCUT2D eigenvalue weighted by molar-refractivity contribution is 6.31. The number of hydrogen-bond acceptors (Lipinski definition) is 12. The predicted octanol–water partition coefficient (Wildman–Crippen LogP) is 3.19. The number of aryl methyl sites for hydroxylation is 3. The Morgan fingerprint density at radius 1 is 1.11 bits per heavy atom. The first kappa shape index (κ1) is 41.6. The summed E-state index contributed by atoms with van der Waals surface area (Å²) < 4.78 is 24.4. The number of anilines is 4. The van der Waals surface area contributed by atoms with Gasteiger partial charge in [0.15, 0.2) is 17.0 Å². The number of ether oxygens (including phenoxy) is 1. The van der Waals surface area contributed by atoms with Gasteiger partial charge in [0.2, 0.25) is 23.7 Å². The van der Waals surface area contributed by atoms with Crippen molar-refractivity contribution in [1.29, 1.82) is 0 Å². The molecule has 322 valence electrons. The van der Waals surface area contributed by atoms with Crippen molar-refractivity contribution >= 4 is 75.6 Å². The van der Waals surface area contributed by atoms with Gasteiger partial charge in [0.1, 0.15) is 17.9 Å². The zero-order valence-electron chi connectivity index (χ0n) is 34.2. The summed E-state index contributed by atoms with van der Waals surface area (Å²) in [7, 11) is 5.03. The van der Waals surface area contributed by atoms with Crippen molar-refractivity contribution < 1.29 is 33.1 Å². The lowest BCUT2D eigenvalue weighted by Gasteiger charge is -2.29. The largest absolute Gasteiger partial charge is 0.478 e. The van der Waals surface area contributed by atoms with E-state index in [-0.39, 0.29) is 68.9 Å². The molecule has 3 aliphatic heterocycles. The van der Waals surface area contributed by atoms with Crippen LogP contribution in [0.5, 0.6) is 5.88 Å². The molecule has 0 spiro atoms. The van der Waals surface area contributed by atoms with Gasteiger partial charge in [-0.2, -0.15) is 9.97 Å². The number of nitrogens with one attached hydrogen (secondary N) is 4. The highest BCUT2D eigenvalue weighted by Gasteiger charge is 2.40. The van der Waals surface area contributed by atoms with Gasteiger partial charge in [0.25, 0.3) is 11.8 Å². The molecular formula is C41H43ClFN13O6. The Kier molecular flexibility index (Phi) is 11.3. The number of carbonyl (C=O) groups excluding carboxylic acids is 5. The maximum Gasteiger partial charge on any atom is 0.322 e. The Morgan fingerprint density at radius 2 is 1.92 bits per heavy atom. The van der Waals surface area contributed by atoms with E-state index in [1.54, 1.807) is 77.2 Å². The Balaban J connectivity index is 0.936. The summed E-state index contributed by atoms with van der Waals surface area (Å²) in [4.78, 5) is 83.1. The fourth-order valence-corrected chi connectivity index (χ4v) is 7.87. The molecule has 2 aromatic carbocycles. The Morgan fingerprint density at radius 3 is 2.68 bits per heavy atom. The maximum atomic E-state index is 15.7. The normalized spacial score (nSPS) is 18.5. The highest BCUT2D eigenvalue weighted by Crippen LogP contribution is 2.32. The number of carbonyl (C=O) groups is 5. The van der Waals surface area contributed by atoms with E-state index < -0.39 is 36.1 Å². The molecule has 3 aromatic heterocycles. The van der Waals surface area contributed by atoms with Gasteiger partial charge in [-0.05, 0) is 48.2 Å². The summed E-state index contributed by atoms with van der Waals surface area (Å²) in [6.07, 6.45) is 2.20. The van der Waals surface area contributed by atoms with Crippen molar-refractivity contribution in [3.8, 4) is 5.88 Å². The smallest absolute Gasteiger partial charge is 0.322 e. The summed E-state index contributed by atoms with van der Waals surface area (Å²) >= 11 is 6.47. The van der Waals surface area contributed by atoms with Gasteiger partial charge in [0, 0.05) is 62.0 Å². The van der Waals surface area contributed by atoms with Crippen LogP contribution < -0.4 is 35.8 Å². The molecule has 0 bridgehead atoms. The van der Waals surface area contributed by atoms with E-state index in [2.05, 4.69) is 47.9 Å². The van der Waals surface area contributed by atoms with Crippen molar-refractivity contribution in [3.05, 3.63) is 88.4 Å². The number of halogens is 2. The van der Waals surface area contributed by atoms with Gasteiger partial charge in [-0.25, -0.2) is 14.2 Å². The predicted molar refractivity (Wildman–Crippen MR) is 226 cm³/mol. The second-order valence-corrected chi connectivity index (χ2v) is 15.8. The topological polar surface area (TPSA) is 214 Å². The first-order valence-electron chi connectivity index (χ1n) is 19.7. The Bertz CT molecular complexity index is 2670. The second-order valence-electron chi connectivity index (χ2n) is 15.4. The van der Waals surface area contributed by atoms with Crippen LogP contribution in [0.3, 0.4) is 0 Å². The molecule has 21 heteroatoms. The number of imide groups is 1. The fraction of sp³-hybridized carbons (Fsp3) is 0.341. The number of methoxy groups -OCH3 is 1. The monoisotopic (exact) mass is 867 g/mol. The zero-order chi connectivity index (χ0) is 44.0. The first-order valence-corrected chi connectivity index (χ1v) is 20.0. The molecule has 6 heterocycles. The van der Waals surface area contributed by atoms with E-state index >= 15 is 4.39 Å². The van der Waals surface area contributed by atoms with Crippen LogP contribution in [-0.4, -0.2) is 109 Å². The standard InChI is InChI=1S/C41H43ClFN13O6/c1-21-6-8-25(13-27(21)42)55(41(61)44-14-23-7-9-26-24(12-23)16-56(39(26)60)31-10-11-32(57)48-37(31)59)15-22(2)36(58)47-29-19-54(17-28(29)43)40-49-34(33-35(50-40)52(3)20-45-33)46-30-18-53(4)51-38(30)62-5/h6-9,12-13,18,20,28-29,31H,2,10-11,14-17,19H2,1,3-5H3,(H,44,61)(H,47,58)(H,46,49,50)(H,48,57,59)/t28-,29-,31?/m1/s1. The van der Waals surface area contributed by atoms with Gasteiger partial charge >= 0.3 is 6.03 Å². The number of nitrogens with zero attached hydrogens (tertiary/aromatic N) is 9. The highest BCUT2D eigenvalue weighted by atomic mass is 35.5. The van der Waals surface area contributed by atoms with Crippen LogP contribution in [0.2, 0.25) is 5.02 Å². The average Bonchev–Trinajstić information content (AvgIpc) is 4.00. The number of fused-ring (bicyclic) bond motifs is 2. The van der Waals surface area contributed by atoms with E-state index in [0.717, 1.165) is 5.56 Å². The lowest BCUT2D eigenvalue weighted by molar-refractivity contribution is -0.137. The molecule has 2 fully saturated rings. The first-order chi connectivity index (χ1) is 29.7. The average molecular weight is 868 g/mol. The van der Waals surface area contributed by atoms with Crippen LogP contribution in [0.15, 0.2) is 61.1 Å². The van der Waals surface area contributed by atoms with E-state index in [4.69, 9.17) is 16.3 Å². The molecule has 6 amide bonds. The van der Waals surface area contributed by atoms with Gasteiger partial charge in [0.05, 0.1) is 38.8 Å². The SMILES string of the molecule is C=C(CN(C(=O)NCc1ccc2c(c1)CN(C1CCC(=O)NC1=O)C2=O)c1ccc(C)c(Cl)c1)C(=O)N[C@@H]1CN(c2nc(Nc3cn(C)nc3OC)c3ncn(C)c3n2)C[C@H]1F. The summed E-state index contributed by atoms with van der Waals surface area (Å²) in [6, 6.07) is 7.88. The van der Waals surface area contributed by atoms with Gasteiger partial charge in [-0.1, -0.05) is 36.4 Å². The van der Waals surface area contributed by atoms with Crippen molar-refractivity contribution in [2.24, 2.45) is 14.1 Å². The molecule has 0 saturated carbocycles. The number of rotatable bonds is 12. The molecule has 8 rings (SSSR count). The molecular weight excluding hydrogens is 825 g/mol. The van der Waals surface area contributed by atoms with Crippen LogP contribution in [0.1, 0.15) is 39.9 Å². The minimum absolute atomic E-state index is 0.0171. The molecule has 4 N–H and O–H groups in total. The minimum atomic E-state index is -1.50. The van der Waals surface area contributed by atoms with E-state index in [9.17, 15) is 24.0 Å². The van der Waals surface area contributed by atoms with E-state index in [0.29, 0.717) is 55.9 Å². The zero-order valence-corrected chi connectivity index (χ0v) is 35.0. The number of imidazole rings is 1.